The second kappa shape index (κ2) is 12.7. The molecule has 3 saturated heterocycles. The lowest BCUT2D eigenvalue weighted by atomic mass is 9.95. The molecule has 18 heteroatoms. The van der Waals surface area contributed by atoms with E-state index in [-0.39, 0.29) is 0 Å². The first-order chi connectivity index (χ1) is 17.8. The molecule has 15 atom stereocenters. The van der Waals surface area contributed by atoms with Gasteiger partial charge in [0.15, 0.2) is 24.9 Å². The van der Waals surface area contributed by atoms with E-state index >= 15 is 0 Å². The molecule has 0 aromatic rings. The van der Waals surface area contributed by atoms with Crippen LogP contribution in [0.3, 0.4) is 0 Å². The van der Waals surface area contributed by atoms with E-state index in [4.69, 9.17) is 23.7 Å². The Morgan fingerprint density at radius 3 is 1.82 bits per heavy atom. The van der Waals surface area contributed by atoms with Gasteiger partial charge in [-0.2, -0.15) is 0 Å². The van der Waals surface area contributed by atoms with Crippen molar-refractivity contribution in [2.75, 3.05) is 13.2 Å². The highest BCUT2D eigenvalue weighted by Gasteiger charge is 2.54. The molecule has 11 N–H and O–H groups in total. The quantitative estimate of drug-likeness (QED) is 0.132. The second-order valence-electron chi connectivity index (χ2n) is 9.10. The summed E-state index contributed by atoms with van der Waals surface area (Å²) in [7, 11) is 0. The third-order valence-electron chi connectivity index (χ3n) is 6.43. The summed E-state index contributed by atoms with van der Waals surface area (Å²) in [6, 6.07) is 0. The number of carbonyl (C=O) groups is 2. The molecule has 3 rings (SSSR count). The molecule has 220 valence electrons. The fraction of sp³-hybridized carbons (Fsp3) is 0.900. The van der Waals surface area contributed by atoms with E-state index in [0.717, 1.165) is 6.92 Å². The Hall–Kier alpha value is -1.62. The van der Waals surface area contributed by atoms with Gasteiger partial charge >= 0.3 is 5.97 Å². The van der Waals surface area contributed by atoms with Gasteiger partial charge in [-0.15, -0.1) is 0 Å². The van der Waals surface area contributed by atoms with Crippen molar-refractivity contribution in [1.29, 1.82) is 0 Å². The summed E-state index contributed by atoms with van der Waals surface area (Å²) in [5.74, 6) is -2.32. The normalized spacial score (nSPS) is 47.9. The molecule has 0 saturated carbocycles. The largest absolute Gasteiger partial charge is 0.479 e. The maximum atomic E-state index is 11.3. The van der Waals surface area contributed by atoms with Gasteiger partial charge in [-0.25, -0.2) is 4.79 Å². The number of amides is 1. The molecule has 0 aromatic carbocycles. The van der Waals surface area contributed by atoms with Gasteiger partial charge in [-0.05, 0) is 0 Å². The van der Waals surface area contributed by atoms with Gasteiger partial charge < -0.3 is 80.1 Å². The van der Waals surface area contributed by atoms with Crippen LogP contribution in [0.2, 0.25) is 0 Å². The Kier molecular flexibility index (Phi) is 10.3. The first-order valence-electron chi connectivity index (χ1n) is 11.6. The fourth-order valence-corrected chi connectivity index (χ4v) is 4.37. The van der Waals surface area contributed by atoms with Crippen LogP contribution in [0.4, 0.5) is 0 Å². The molecule has 0 bridgehead atoms. The monoisotopic (exact) mass is 559 g/mol. The van der Waals surface area contributed by atoms with Crippen molar-refractivity contribution in [2.24, 2.45) is 0 Å². The van der Waals surface area contributed by atoms with E-state index in [1.807, 2.05) is 0 Å². The Morgan fingerprint density at radius 1 is 0.684 bits per heavy atom. The van der Waals surface area contributed by atoms with Gasteiger partial charge in [0.1, 0.15) is 67.1 Å². The number of aliphatic carboxylic acids is 1. The van der Waals surface area contributed by atoms with E-state index in [9.17, 15) is 60.7 Å². The number of hydrogen-bond donors (Lipinski definition) is 11. The number of rotatable bonds is 8. The maximum Gasteiger partial charge on any atom is 0.335 e. The number of hydrogen-bond acceptors (Lipinski definition) is 16. The average Bonchev–Trinajstić information content (AvgIpc) is 2.86. The lowest BCUT2D eigenvalue weighted by molar-refractivity contribution is -0.372. The van der Waals surface area contributed by atoms with Crippen LogP contribution in [0.5, 0.6) is 0 Å². The molecular weight excluding hydrogens is 526 g/mol. The highest BCUT2D eigenvalue weighted by Crippen LogP contribution is 2.32. The first-order valence-corrected chi connectivity index (χ1v) is 11.6. The standard InChI is InChI=1S/C20H33NO17/c1-4(24)21-17-11(29)10(28)14(6(3-23)34-17)36-20-13(31)15(7(25)5(2-22)35-20)37-19-12(30)8(26)9(27)16(38-19)18(32)33/h5-17,19-20,22-23,25-31H,2-3H2,1H3,(H,21,24)(H,32,33)/t5-,6-,7+,8+,9-,10-,11-,12-,13-,14-,15+,16+,17+,19+,20+/m1/s1. The minimum Gasteiger partial charge on any atom is -0.479 e. The number of carbonyl (C=O) groups excluding carboxylic acids is 1. The van der Waals surface area contributed by atoms with Gasteiger partial charge in [0, 0.05) is 6.92 Å². The van der Waals surface area contributed by atoms with Crippen LogP contribution in [-0.4, -0.2) is 168 Å². The maximum absolute atomic E-state index is 11.3. The van der Waals surface area contributed by atoms with Crippen molar-refractivity contribution in [1.82, 2.24) is 5.32 Å². The van der Waals surface area contributed by atoms with Gasteiger partial charge in [-0.1, -0.05) is 0 Å². The number of nitrogens with one attached hydrogen (secondary N) is 1. The molecule has 0 spiro atoms. The van der Waals surface area contributed by atoms with Crippen LogP contribution in [0.15, 0.2) is 0 Å². The zero-order valence-corrected chi connectivity index (χ0v) is 19.9. The summed E-state index contributed by atoms with van der Waals surface area (Å²) in [5.41, 5.74) is 0. The van der Waals surface area contributed by atoms with Gasteiger partial charge in [0.05, 0.1) is 13.2 Å². The SMILES string of the molecule is CC(=O)N[C@H]1O[C@H](CO)[C@@H](O[C@@H]2O[C@H](CO)[C@H](O)[C@H](O[C@H]3O[C@H](C(=O)O)[C@H](O)[C@H](O)[C@H]3O)[C@H]2O)[C@H](O)[C@H]1O. The van der Waals surface area contributed by atoms with Crippen LogP contribution < -0.4 is 5.32 Å². The lowest BCUT2D eigenvalue weighted by Gasteiger charge is -2.48. The van der Waals surface area contributed by atoms with Crippen LogP contribution >= 0.6 is 0 Å². The van der Waals surface area contributed by atoms with E-state index in [2.05, 4.69) is 5.32 Å². The van der Waals surface area contributed by atoms with Crippen molar-refractivity contribution >= 4 is 11.9 Å². The predicted octanol–water partition coefficient (Wildman–Crippen LogP) is -7.34. The Labute approximate surface area is 214 Å². The third kappa shape index (κ3) is 6.24. The molecule has 18 nitrogen and oxygen atoms in total. The van der Waals surface area contributed by atoms with Gasteiger partial charge in [0.25, 0.3) is 0 Å². The van der Waals surface area contributed by atoms with Crippen LogP contribution in [0.1, 0.15) is 6.92 Å². The lowest BCUT2D eigenvalue weighted by Crippen LogP contribution is -2.67. The molecule has 1 amide bonds. The summed E-state index contributed by atoms with van der Waals surface area (Å²) in [6.07, 6.45) is -27.2. The second-order valence-corrected chi connectivity index (χ2v) is 9.10. The zero-order valence-electron chi connectivity index (χ0n) is 19.9. The van der Waals surface area contributed by atoms with Crippen molar-refractivity contribution in [2.45, 2.75) is 99.0 Å². The van der Waals surface area contributed by atoms with Crippen LogP contribution in [-0.2, 0) is 33.3 Å². The first kappa shape index (κ1) is 30.9. The molecule has 0 unspecified atom stereocenters. The van der Waals surface area contributed by atoms with Gasteiger partial charge in [-0.3, -0.25) is 4.79 Å². The molecule has 3 fully saturated rings. The molecule has 0 aliphatic carbocycles. The third-order valence-corrected chi connectivity index (χ3v) is 6.43. The number of carboxylic acids is 1. The molecule has 0 aromatic heterocycles. The Balaban J connectivity index is 1.79. The topological polar surface area (TPSA) is 295 Å². The number of ether oxygens (including phenoxy) is 5. The minimum atomic E-state index is -2.05. The molecule has 0 radical (unpaired) electrons. The zero-order chi connectivity index (χ0) is 28.5. The predicted molar refractivity (Wildman–Crippen MR) is 113 cm³/mol. The summed E-state index contributed by atoms with van der Waals surface area (Å²) in [6.45, 7) is -0.545. The molecule has 3 heterocycles. The highest BCUT2D eigenvalue weighted by atomic mass is 16.7. The van der Waals surface area contributed by atoms with Crippen molar-refractivity contribution < 1.29 is 84.3 Å². The van der Waals surface area contributed by atoms with E-state index < -0.39 is 117 Å². The van der Waals surface area contributed by atoms with Crippen molar-refractivity contribution in [3.05, 3.63) is 0 Å². The summed E-state index contributed by atoms with van der Waals surface area (Å²) in [4.78, 5) is 22.7. The van der Waals surface area contributed by atoms with Crippen LogP contribution in [0, 0.1) is 0 Å². The van der Waals surface area contributed by atoms with E-state index in [0.29, 0.717) is 0 Å². The summed E-state index contributed by atoms with van der Waals surface area (Å²) < 4.78 is 26.6. The summed E-state index contributed by atoms with van der Waals surface area (Å²) >= 11 is 0. The molecule has 3 aliphatic heterocycles. The van der Waals surface area contributed by atoms with Gasteiger partial charge in [0.2, 0.25) is 5.91 Å². The van der Waals surface area contributed by atoms with E-state index in [1.54, 1.807) is 0 Å². The Bertz CT molecular complexity index is 816. The fourth-order valence-electron chi connectivity index (χ4n) is 4.37. The summed E-state index contributed by atoms with van der Waals surface area (Å²) in [5, 5.41) is 103. The Morgan fingerprint density at radius 2 is 1.26 bits per heavy atom. The molecular formula is C20H33NO17. The van der Waals surface area contributed by atoms with E-state index in [1.165, 1.54) is 0 Å². The number of aliphatic hydroxyl groups is 9. The average molecular weight is 559 g/mol. The van der Waals surface area contributed by atoms with Crippen molar-refractivity contribution in [3.8, 4) is 0 Å². The number of aliphatic hydroxyl groups excluding tert-OH is 9. The number of carboxylic acid groups (broad SMARTS) is 1. The minimum absolute atomic E-state index is 0.613. The van der Waals surface area contributed by atoms with Crippen LogP contribution in [0.25, 0.3) is 0 Å². The van der Waals surface area contributed by atoms with Crippen molar-refractivity contribution in [3.63, 3.8) is 0 Å². The molecule has 38 heavy (non-hydrogen) atoms. The molecule has 3 aliphatic rings. The smallest absolute Gasteiger partial charge is 0.335 e. The highest BCUT2D eigenvalue weighted by molar-refractivity contribution is 5.73.